The summed E-state index contributed by atoms with van der Waals surface area (Å²) in [6.45, 7) is 4.54. The van der Waals surface area contributed by atoms with E-state index in [0.29, 0.717) is 12.1 Å². The molecule has 45 heavy (non-hydrogen) atoms. The summed E-state index contributed by atoms with van der Waals surface area (Å²) < 4.78 is 14.2. The van der Waals surface area contributed by atoms with Crippen LogP contribution < -0.4 is 5.32 Å². The molecule has 2 N–H and O–H groups in total. The van der Waals surface area contributed by atoms with Crippen LogP contribution in [-0.4, -0.2) is 33.1 Å². The Morgan fingerprint density at radius 1 is 0.889 bits per heavy atom. The van der Waals surface area contributed by atoms with Gasteiger partial charge in [-0.25, -0.2) is 0 Å². The summed E-state index contributed by atoms with van der Waals surface area (Å²) in [5.74, 6) is 0.706. The molecule has 0 radical (unpaired) electrons. The average molecular weight is 638 g/mol. The van der Waals surface area contributed by atoms with Gasteiger partial charge in [-0.2, -0.15) is 0 Å². The lowest BCUT2D eigenvalue weighted by molar-refractivity contribution is -0.268. The predicted octanol–water partition coefficient (Wildman–Crippen LogP) is 7.52. The van der Waals surface area contributed by atoms with Crippen LogP contribution in [-0.2, 0) is 22.6 Å². The van der Waals surface area contributed by atoms with Crippen LogP contribution in [0.15, 0.2) is 107 Å². The SMILES string of the molecule is Cc1nnc(SC[C@H]2O[C@@H](c3ccc(-c4ccccc4CNC(=O)c4ccccc4)cc3)O[C@@H](c3ccc(CO)cc3)[C@H]2C)s1. The zero-order chi connectivity index (χ0) is 31.2. The van der Waals surface area contributed by atoms with Crippen LogP contribution in [0.3, 0.4) is 0 Å². The molecule has 5 aromatic rings. The summed E-state index contributed by atoms with van der Waals surface area (Å²) >= 11 is 3.25. The summed E-state index contributed by atoms with van der Waals surface area (Å²) in [4.78, 5) is 12.7. The first kappa shape index (κ1) is 31.1. The van der Waals surface area contributed by atoms with Gasteiger partial charge in [-0.15, -0.1) is 10.2 Å². The first-order valence-corrected chi connectivity index (χ1v) is 16.7. The van der Waals surface area contributed by atoms with E-state index in [1.54, 1.807) is 23.1 Å². The molecule has 1 aliphatic heterocycles. The summed E-state index contributed by atoms with van der Waals surface area (Å²) in [5, 5.41) is 22.0. The fourth-order valence-electron chi connectivity index (χ4n) is 5.44. The highest BCUT2D eigenvalue weighted by molar-refractivity contribution is 8.01. The second kappa shape index (κ2) is 14.5. The van der Waals surface area contributed by atoms with Crippen LogP contribution in [0.25, 0.3) is 11.1 Å². The number of amides is 1. The Bertz CT molecular complexity index is 1710. The number of thioether (sulfide) groups is 1. The van der Waals surface area contributed by atoms with Crippen molar-refractivity contribution in [3.05, 3.63) is 136 Å². The van der Waals surface area contributed by atoms with Crippen LogP contribution in [0.4, 0.5) is 0 Å². The molecule has 0 aliphatic carbocycles. The molecule has 1 saturated heterocycles. The summed E-state index contributed by atoms with van der Waals surface area (Å²) in [6, 6.07) is 33.6. The van der Waals surface area contributed by atoms with Gasteiger partial charge < -0.3 is 19.9 Å². The molecule has 1 aromatic heterocycles. The minimum absolute atomic E-state index is 0.00248. The lowest BCUT2D eigenvalue weighted by Gasteiger charge is -2.41. The maximum Gasteiger partial charge on any atom is 0.251 e. The molecule has 0 bridgehead atoms. The largest absolute Gasteiger partial charge is 0.392 e. The molecule has 2 heterocycles. The molecular weight excluding hydrogens is 603 g/mol. The van der Waals surface area contributed by atoms with E-state index < -0.39 is 6.29 Å². The number of aliphatic hydroxyl groups is 1. The molecule has 4 aromatic carbocycles. The number of aromatic nitrogens is 2. The number of nitrogens with one attached hydrogen (secondary N) is 1. The van der Waals surface area contributed by atoms with Gasteiger partial charge in [0.25, 0.3) is 5.91 Å². The quantitative estimate of drug-likeness (QED) is 0.153. The van der Waals surface area contributed by atoms with Crippen molar-refractivity contribution in [3.63, 3.8) is 0 Å². The first-order valence-electron chi connectivity index (χ1n) is 14.9. The number of carbonyl (C=O) groups excluding carboxylic acids is 1. The van der Waals surface area contributed by atoms with Gasteiger partial charge in [-0.3, -0.25) is 4.79 Å². The third kappa shape index (κ3) is 7.52. The second-order valence-corrected chi connectivity index (χ2v) is 13.5. The van der Waals surface area contributed by atoms with Gasteiger partial charge in [0, 0.05) is 29.3 Å². The highest BCUT2D eigenvalue weighted by Crippen LogP contribution is 2.43. The number of benzene rings is 4. The number of ether oxygens (including phenoxy) is 2. The van der Waals surface area contributed by atoms with E-state index in [-0.39, 0.29) is 30.6 Å². The molecule has 7 nitrogen and oxygen atoms in total. The van der Waals surface area contributed by atoms with Crippen LogP contribution in [0, 0.1) is 12.8 Å². The standard InChI is InChI=1S/C36H35N3O4S2/c1-23-32(22-44-36-39-38-24(2)45-36)42-35(43-33(23)27-14-12-25(21-40)13-15-27)29-18-16-26(17-19-29)31-11-7-6-10-30(31)20-37-34(41)28-8-4-3-5-9-28/h3-19,23,32-33,35,40H,20-22H2,1-2H3,(H,37,41)/t23-,32+,33+,35+/m0/s1. The molecule has 1 aliphatic rings. The molecule has 9 heteroatoms. The molecule has 0 saturated carbocycles. The Hall–Kier alpha value is -3.86. The van der Waals surface area contributed by atoms with Crippen molar-refractivity contribution in [3.8, 4) is 11.1 Å². The molecule has 0 unspecified atom stereocenters. The minimum Gasteiger partial charge on any atom is -0.392 e. The third-order valence-electron chi connectivity index (χ3n) is 7.99. The predicted molar refractivity (Wildman–Crippen MR) is 178 cm³/mol. The van der Waals surface area contributed by atoms with Gasteiger partial charge in [0.05, 0.1) is 18.8 Å². The van der Waals surface area contributed by atoms with E-state index in [1.165, 1.54) is 0 Å². The number of rotatable bonds is 10. The Kier molecular flexibility index (Phi) is 10.0. The Balaban J connectivity index is 1.21. The average Bonchev–Trinajstić information content (AvgIpc) is 3.52. The van der Waals surface area contributed by atoms with Crippen molar-refractivity contribution in [2.45, 2.75) is 49.8 Å². The molecular formula is C36H35N3O4S2. The fraction of sp³-hybridized carbons (Fsp3) is 0.250. The van der Waals surface area contributed by atoms with Gasteiger partial charge >= 0.3 is 0 Å². The van der Waals surface area contributed by atoms with E-state index in [1.807, 2.05) is 79.7 Å². The van der Waals surface area contributed by atoms with Crippen molar-refractivity contribution in [2.75, 3.05) is 5.75 Å². The van der Waals surface area contributed by atoms with E-state index in [4.69, 9.17) is 9.47 Å². The normalized spacial score (nSPS) is 19.7. The van der Waals surface area contributed by atoms with Crippen molar-refractivity contribution in [2.24, 2.45) is 5.92 Å². The van der Waals surface area contributed by atoms with Crippen molar-refractivity contribution in [1.82, 2.24) is 15.5 Å². The van der Waals surface area contributed by atoms with Crippen molar-refractivity contribution in [1.29, 1.82) is 0 Å². The van der Waals surface area contributed by atoms with Crippen LogP contribution in [0.5, 0.6) is 0 Å². The lowest BCUT2D eigenvalue weighted by atomic mass is 9.91. The molecule has 1 amide bonds. The second-order valence-electron chi connectivity index (χ2n) is 11.0. The maximum atomic E-state index is 12.7. The number of carbonyl (C=O) groups is 1. The van der Waals surface area contributed by atoms with Crippen LogP contribution in [0.1, 0.15) is 56.9 Å². The van der Waals surface area contributed by atoms with Gasteiger partial charge in [-0.1, -0.05) is 121 Å². The number of nitrogens with zero attached hydrogens (tertiary/aromatic N) is 2. The monoisotopic (exact) mass is 637 g/mol. The number of aliphatic hydroxyl groups excluding tert-OH is 1. The van der Waals surface area contributed by atoms with E-state index in [0.717, 1.165) is 48.5 Å². The van der Waals surface area contributed by atoms with Gasteiger partial charge in [0.2, 0.25) is 0 Å². The summed E-state index contributed by atoms with van der Waals surface area (Å²) in [5.41, 5.74) is 6.62. The fourth-order valence-corrected chi connectivity index (χ4v) is 7.45. The zero-order valence-electron chi connectivity index (χ0n) is 25.1. The minimum atomic E-state index is -0.556. The number of hydrogen-bond donors (Lipinski definition) is 2. The molecule has 0 spiro atoms. The summed E-state index contributed by atoms with van der Waals surface area (Å²) in [6.07, 6.45) is -0.832. The smallest absolute Gasteiger partial charge is 0.251 e. The van der Waals surface area contributed by atoms with Gasteiger partial charge in [-0.05, 0) is 46.9 Å². The topological polar surface area (TPSA) is 93.6 Å². The maximum absolute atomic E-state index is 12.7. The molecule has 6 rings (SSSR count). The Morgan fingerprint density at radius 3 is 2.31 bits per heavy atom. The first-order chi connectivity index (χ1) is 22.0. The zero-order valence-corrected chi connectivity index (χ0v) is 26.8. The highest BCUT2D eigenvalue weighted by atomic mass is 32.2. The molecule has 230 valence electrons. The Labute approximate surface area is 271 Å². The van der Waals surface area contributed by atoms with E-state index in [2.05, 4.69) is 52.8 Å². The summed E-state index contributed by atoms with van der Waals surface area (Å²) in [7, 11) is 0. The van der Waals surface area contributed by atoms with Crippen molar-refractivity contribution < 1.29 is 19.4 Å². The highest BCUT2D eigenvalue weighted by Gasteiger charge is 2.38. The Morgan fingerprint density at radius 2 is 1.60 bits per heavy atom. The number of aryl methyl sites for hydroxylation is 1. The third-order valence-corrected chi connectivity index (χ3v) is 10.0. The van der Waals surface area contributed by atoms with Crippen molar-refractivity contribution >= 4 is 29.0 Å². The van der Waals surface area contributed by atoms with Gasteiger partial charge in [0.15, 0.2) is 10.6 Å². The van der Waals surface area contributed by atoms with Crippen LogP contribution in [0.2, 0.25) is 0 Å². The number of hydrogen-bond acceptors (Lipinski definition) is 8. The van der Waals surface area contributed by atoms with E-state index >= 15 is 0 Å². The van der Waals surface area contributed by atoms with Crippen LogP contribution >= 0.6 is 23.1 Å². The lowest BCUT2D eigenvalue weighted by Crippen LogP contribution is -2.38. The molecule has 4 atom stereocenters. The molecule has 1 fully saturated rings. The van der Waals surface area contributed by atoms with Gasteiger partial charge in [0.1, 0.15) is 5.01 Å². The van der Waals surface area contributed by atoms with E-state index in [9.17, 15) is 9.90 Å².